The van der Waals surface area contributed by atoms with Gasteiger partial charge in [0, 0.05) is 17.2 Å². The van der Waals surface area contributed by atoms with Gasteiger partial charge in [-0.3, -0.25) is 4.79 Å². The van der Waals surface area contributed by atoms with E-state index in [4.69, 9.17) is 4.74 Å². The van der Waals surface area contributed by atoms with Gasteiger partial charge in [-0.1, -0.05) is 24.6 Å². The zero-order valence-electron chi connectivity index (χ0n) is 13.9. The second kappa shape index (κ2) is 9.33. The maximum atomic E-state index is 12.9. The van der Waals surface area contributed by atoms with Gasteiger partial charge in [-0.2, -0.15) is 0 Å². The standard InChI is InChI=1S/C19H22FNO2S/c1-3-18(23-16-8-6-15(20)7-9-16)19(22)21-12-13-24-17-10-4-14(2)5-11-17/h4-11,18H,3,12-13H2,1-2H3,(H,21,22). The molecule has 0 fully saturated rings. The average Bonchev–Trinajstić information content (AvgIpc) is 2.59. The molecule has 2 rings (SSSR count). The Morgan fingerprint density at radius 1 is 1.17 bits per heavy atom. The van der Waals surface area contributed by atoms with Crippen LogP contribution in [0, 0.1) is 12.7 Å². The lowest BCUT2D eigenvalue weighted by Gasteiger charge is -2.17. The fourth-order valence-electron chi connectivity index (χ4n) is 2.09. The molecule has 0 bridgehead atoms. The van der Waals surface area contributed by atoms with Gasteiger partial charge in [-0.15, -0.1) is 11.8 Å². The largest absolute Gasteiger partial charge is 0.481 e. The summed E-state index contributed by atoms with van der Waals surface area (Å²) in [6.45, 7) is 4.51. The first-order chi connectivity index (χ1) is 11.6. The molecule has 0 aliphatic carbocycles. The Kier molecular flexibility index (Phi) is 7.12. The van der Waals surface area contributed by atoms with Crippen LogP contribution in [0.2, 0.25) is 0 Å². The first-order valence-electron chi connectivity index (χ1n) is 7.98. The molecule has 0 aliphatic heterocycles. The monoisotopic (exact) mass is 347 g/mol. The third kappa shape index (κ3) is 5.89. The topological polar surface area (TPSA) is 38.3 Å². The number of ether oxygens (including phenoxy) is 1. The summed E-state index contributed by atoms with van der Waals surface area (Å²) in [6.07, 6.45) is -0.0197. The van der Waals surface area contributed by atoms with Crippen LogP contribution in [-0.2, 0) is 4.79 Å². The van der Waals surface area contributed by atoms with Gasteiger partial charge >= 0.3 is 0 Å². The molecule has 0 saturated carbocycles. The van der Waals surface area contributed by atoms with Crippen molar-refractivity contribution in [1.82, 2.24) is 5.32 Å². The lowest BCUT2D eigenvalue weighted by Crippen LogP contribution is -2.39. The summed E-state index contributed by atoms with van der Waals surface area (Å²) in [6, 6.07) is 14.0. The molecule has 1 unspecified atom stereocenters. The maximum absolute atomic E-state index is 12.9. The smallest absolute Gasteiger partial charge is 0.261 e. The lowest BCUT2D eigenvalue weighted by molar-refractivity contribution is -0.127. The first kappa shape index (κ1) is 18.3. The number of nitrogens with one attached hydrogen (secondary N) is 1. The van der Waals surface area contributed by atoms with Crippen molar-refractivity contribution < 1.29 is 13.9 Å². The van der Waals surface area contributed by atoms with Gasteiger partial charge in [0.05, 0.1) is 0 Å². The first-order valence-corrected chi connectivity index (χ1v) is 8.96. The molecular weight excluding hydrogens is 325 g/mol. The highest BCUT2D eigenvalue weighted by Crippen LogP contribution is 2.18. The van der Waals surface area contributed by atoms with E-state index >= 15 is 0 Å². The van der Waals surface area contributed by atoms with E-state index in [0.29, 0.717) is 18.7 Å². The molecule has 0 radical (unpaired) electrons. The highest BCUT2D eigenvalue weighted by atomic mass is 32.2. The number of carbonyl (C=O) groups excluding carboxylic acids is 1. The van der Waals surface area contributed by atoms with Crippen LogP contribution in [0.3, 0.4) is 0 Å². The van der Waals surface area contributed by atoms with E-state index in [1.807, 2.05) is 6.92 Å². The van der Waals surface area contributed by atoms with E-state index in [9.17, 15) is 9.18 Å². The second-order valence-corrected chi connectivity index (χ2v) is 6.59. The van der Waals surface area contributed by atoms with Crippen molar-refractivity contribution in [1.29, 1.82) is 0 Å². The quantitative estimate of drug-likeness (QED) is 0.574. The Morgan fingerprint density at radius 2 is 1.83 bits per heavy atom. The number of halogens is 1. The molecule has 5 heteroatoms. The Morgan fingerprint density at radius 3 is 2.46 bits per heavy atom. The maximum Gasteiger partial charge on any atom is 0.261 e. The molecule has 1 atom stereocenters. The van der Waals surface area contributed by atoms with E-state index < -0.39 is 6.10 Å². The van der Waals surface area contributed by atoms with E-state index in [-0.39, 0.29) is 11.7 Å². The van der Waals surface area contributed by atoms with Gasteiger partial charge in [0.1, 0.15) is 11.6 Å². The zero-order chi connectivity index (χ0) is 17.4. The minimum absolute atomic E-state index is 0.147. The number of rotatable bonds is 8. The number of aryl methyl sites for hydroxylation is 1. The summed E-state index contributed by atoms with van der Waals surface area (Å²) >= 11 is 1.70. The minimum atomic E-state index is -0.570. The predicted molar refractivity (Wildman–Crippen MR) is 96.0 cm³/mol. The summed E-state index contributed by atoms with van der Waals surface area (Å²) in [5, 5.41) is 2.89. The summed E-state index contributed by atoms with van der Waals surface area (Å²) in [5.74, 6) is 0.814. The van der Waals surface area contributed by atoms with Gasteiger partial charge in [-0.05, 0) is 49.7 Å². The van der Waals surface area contributed by atoms with Crippen molar-refractivity contribution in [2.45, 2.75) is 31.3 Å². The number of benzene rings is 2. The highest BCUT2D eigenvalue weighted by molar-refractivity contribution is 7.99. The molecule has 2 aromatic carbocycles. The number of amides is 1. The van der Waals surface area contributed by atoms with Crippen LogP contribution in [0.4, 0.5) is 4.39 Å². The van der Waals surface area contributed by atoms with Crippen LogP contribution in [0.5, 0.6) is 5.75 Å². The Balaban J connectivity index is 1.75. The summed E-state index contributed by atoms with van der Waals surface area (Å²) in [7, 11) is 0. The third-order valence-corrected chi connectivity index (χ3v) is 4.46. The highest BCUT2D eigenvalue weighted by Gasteiger charge is 2.17. The molecule has 0 saturated heterocycles. The molecule has 0 spiro atoms. The van der Waals surface area contributed by atoms with Crippen molar-refractivity contribution >= 4 is 17.7 Å². The second-order valence-electron chi connectivity index (χ2n) is 5.42. The van der Waals surface area contributed by atoms with Crippen molar-refractivity contribution in [3.63, 3.8) is 0 Å². The molecule has 3 nitrogen and oxygen atoms in total. The number of carbonyl (C=O) groups is 1. The van der Waals surface area contributed by atoms with E-state index in [1.165, 1.54) is 34.7 Å². The fourth-order valence-corrected chi connectivity index (χ4v) is 2.86. The molecule has 0 aliphatic rings. The fraction of sp³-hybridized carbons (Fsp3) is 0.316. The molecular formula is C19H22FNO2S. The number of hydrogen-bond acceptors (Lipinski definition) is 3. The van der Waals surface area contributed by atoms with Crippen LogP contribution >= 0.6 is 11.8 Å². The summed E-state index contributed by atoms with van der Waals surface area (Å²) < 4.78 is 18.5. The summed E-state index contributed by atoms with van der Waals surface area (Å²) in [4.78, 5) is 13.4. The summed E-state index contributed by atoms with van der Waals surface area (Å²) in [5.41, 5.74) is 1.23. The minimum Gasteiger partial charge on any atom is -0.481 e. The Hall–Kier alpha value is -2.01. The Labute approximate surface area is 146 Å². The number of thioether (sulfide) groups is 1. The van der Waals surface area contributed by atoms with Crippen LogP contribution in [0.15, 0.2) is 53.4 Å². The molecule has 2 aromatic rings. The lowest BCUT2D eigenvalue weighted by atomic mass is 10.2. The van der Waals surface area contributed by atoms with Crippen LogP contribution in [0.25, 0.3) is 0 Å². The van der Waals surface area contributed by atoms with Gasteiger partial charge in [0.25, 0.3) is 5.91 Å². The normalized spacial score (nSPS) is 11.8. The molecule has 24 heavy (non-hydrogen) atoms. The van der Waals surface area contributed by atoms with E-state index in [0.717, 1.165) is 5.75 Å². The van der Waals surface area contributed by atoms with Crippen molar-refractivity contribution in [3.05, 3.63) is 59.9 Å². The van der Waals surface area contributed by atoms with Crippen molar-refractivity contribution in [2.75, 3.05) is 12.3 Å². The van der Waals surface area contributed by atoms with Crippen LogP contribution < -0.4 is 10.1 Å². The molecule has 0 heterocycles. The van der Waals surface area contributed by atoms with Gasteiger partial charge in [0.2, 0.25) is 0 Å². The zero-order valence-corrected chi connectivity index (χ0v) is 14.7. The SMILES string of the molecule is CCC(Oc1ccc(F)cc1)C(=O)NCCSc1ccc(C)cc1. The third-order valence-electron chi connectivity index (χ3n) is 3.45. The van der Waals surface area contributed by atoms with Gasteiger partial charge < -0.3 is 10.1 Å². The van der Waals surface area contributed by atoms with E-state index in [2.05, 4.69) is 36.5 Å². The van der Waals surface area contributed by atoms with E-state index in [1.54, 1.807) is 11.8 Å². The predicted octanol–water partition coefficient (Wildman–Crippen LogP) is 4.20. The molecule has 1 N–H and O–H groups in total. The average molecular weight is 347 g/mol. The van der Waals surface area contributed by atoms with Crippen LogP contribution in [-0.4, -0.2) is 24.3 Å². The van der Waals surface area contributed by atoms with Crippen LogP contribution in [0.1, 0.15) is 18.9 Å². The Bertz CT molecular complexity index is 643. The molecule has 1 amide bonds. The molecule has 0 aromatic heterocycles. The number of hydrogen-bond donors (Lipinski definition) is 1. The molecule has 128 valence electrons. The van der Waals surface area contributed by atoms with Gasteiger partial charge in [0.15, 0.2) is 6.10 Å². The van der Waals surface area contributed by atoms with Crippen molar-refractivity contribution in [3.8, 4) is 5.75 Å². The van der Waals surface area contributed by atoms with Gasteiger partial charge in [-0.25, -0.2) is 4.39 Å². The van der Waals surface area contributed by atoms with Crippen molar-refractivity contribution in [2.24, 2.45) is 0 Å².